The van der Waals surface area contributed by atoms with E-state index in [-0.39, 0.29) is 11.8 Å². The van der Waals surface area contributed by atoms with Crippen molar-refractivity contribution in [2.45, 2.75) is 70.8 Å². The molecule has 5 rings (SSSR count). The lowest BCUT2D eigenvalue weighted by molar-refractivity contribution is -0.123. The molecule has 2 aromatic carbocycles. The van der Waals surface area contributed by atoms with Crippen LogP contribution in [-0.2, 0) is 4.79 Å². The number of piperidine rings is 1. The van der Waals surface area contributed by atoms with E-state index >= 15 is 0 Å². The SMILES string of the molecule is Cc1cccc(-c2nn(-c3ccccc3)cc2C(=O)N2CCC(CC(=O)NC3CCCCCC3)CC2)c1. The van der Waals surface area contributed by atoms with Gasteiger partial charge in [-0.15, -0.1) is 0 Å². The number of aromatic nitrogens is 2. The second-order valence-electron chi connectivity index (χ2n) is 10.7. The molecular formula is C31H38N4O2. The average Bonchev–Trinajstić information content (AvgIpc) is 3.21. The van der Waals surface area contributed by atoms with E-state index in [4.69, 9.17) is 5.10 Å². The smallest absolute Gasteiger partial charge is 0.257 e. The highest BCUT2D eigenvalue weighted by Gasteiger charge is 2.29. The van der Waals surface area contributed by atoms with Gasteiger partial charge in [-0.25, -0.2) is 4.68 Å². The first-order valence-electron chi connectivity index (χ1n) is 13.9. The Hall–Kier alpha value is -3.41. The second kappa shape index (κ2) is 11.8. The van der Waals surface area contributed by atoms with Gasteiger partial charge in [-0.05, 0) is 56.7 Å². The van der Waals surface area contributed by atoms with Crippen LogP contribution in [0, 0.1) is 12.8 Å². The zero-order valence-corrected chi connectivity index (χ0v) is 21.9. The first-order valence-corrected chi connectivity index (χ1v) is 13.9. The van der Waals surface area contributed by atoms with Crippen molar-refractivity contribution in [1.29, 1.82) is 0 Å². The molecule has 0 radical (unpaired) electrons. The number of likely N-dealkylation sites (tertiary alicyclic amines) is 1. The van der Waals surface area contributed by atoms with Crippen molar-refractivity contribution < 1.29 is 9.59 Å². The van der Waals surface area contributed by atoms with E-state index in [0.717, 1.165) is 42.5 Å². The summed E-state index contributed by atoms with van der Waals surface area (Å²) in [6.45, 7) is 3.39. The van der Waals surface area contributed by atoms with Crippen molar-refractivity contribution in [3.05, 3.63) is 71.9 Å². The Bertz CT molecular complexity index is 1200. The molecule has 2 fully saturated rings. The molecule has 0 atom stereocenters. The lowest BCUT2D eigenvalue weighted by Gasteiger charge is -2.32. The summed E-state index contributed by atoms with van der Waals surface area (Å²) in [7, 11) is 0. The first kappa shape index (κ1) is 25.2. The topological polar surface area (TPSA) is 67.2 Å². The second-order valence-corrected chi connectivity index (χ2v) is 10.7. The predicted molar refractivity (Wildman–Crippen MR) is 147 cm³/mol. The Morgan fingerprint density at radius 3 is 2.35 bits per heavy atom. The number of carbonyl (C=O) groups excluding carboxylic acids is 2. The lowest BCUT2D eigenvalue weighted by atomic mass is 9.92. The standard InChI is InChI=1S/C31H38N4O2/c1-23-10-9-11-25(20-23)30-28(22-35(33-30)27-14-7-4-8-15-27)31(37)34-18-16-24(17-19-34)21-29(36)32-26-12-5-2-3-6-13-26/h4,7-11,14-15,20,22,24,26H,2-3,5-6,12-13,16-19,21H2,1H3,(H,32,36). The van der Waals surface area contributed by atoms with E-state index in [2.05, 4.69) is 24.4 Å². The van der Waals surface area contributed by atoms with Crippen LogP contribution in [0.15, 0.2) is 60.8 Å². The Morgan fingerprint density at radius 2 is 1.65 bits per heavy atom. The van der Waals surface area contributed by atoms with Crippen LogP contribution in [0.1, 0.15) is 73.7 Å². The number of aryl methyl sites for hydroxylation is 1. The van der Waals surface area contributed by atoms with Crippen molar-refractivity contribution in [3.8, 4) is 16.9 Å². The minimum atomic E-state index is 0.0139. The summed E-state index contributed by atoms with van der Waals surface area (Å²) in [6, 6.07) is 18.4. The quantitative estimate of drug-likeness (QED) is 0.429. The van der Waals surface area contributed by atoms with Crippen LogP contribution in [0.3, 0.4) is 0 Å². The van der Waals surface area contributed by atoms with E-state index in [1.165, 1.54) is 25.7 Å². The Balaban J connectivity index is 1.26. The number of nitrogens with zero attached hydrogens (tertiary/aromatic N) is 3. The third-order valence-electron chi connectivity index (χ3n) is 7.85. The molecule has 0 bridgehead atoms. The molecule has 194 valence electrons. The van der Waals surface area contributed by atoms with E-state index < -0.39 is 0 Å². The lowest BCUT2D eigenvalue weighted by Crippen LogP contribution is -2.41. The minimum absolute atomic E-state index is 0.0139. The molecule has 0 spiro atoms. The highest BCUT2D eigenvalue weighted by molar-refractivity contribution is 6.00. The van der Waals surface area contributed by atoms with Gasteiger partial charge in [-0.1, -0.05) is 67.6 Å². The van der Waals surface area contributed by atoms with Crippen molar-refractivity contribution in [2.75, 3.05) is 13.1 Å². The molecule has 6 nitrogen and oxygen atoms in total. The van der Waals surface area contributed by atoms with E-state index in [9.17, 15) is 9.59 Å². The summed E-state index contributed by atoms with van der Waals surface area (Å²) in [5.74, 6) is 0.528. The average molecular weight is 499 g/mol. The number of nitrogens with one attached hydrogen (secondary N) is 1. The van der Waals surface area contributed by atoms with Crippen LogP contribution in [0.4, 0.5) is 0 Å². The molecule has 2 aliphatic rings. The summed E-state index contributed by atoms with van der Waals surface area (Å²) < 4.78 is 1.80. The molecule has 37 heavy (non-hydrogen) atoms. The normalized spacial score (nSPS) is 17.4. The molecule has 1 saturated heterocycles. The fraction of sp³-hybridized carbons (Fsp3) is 0.452. The molecule has 2 amide bonds. The number of hydrogen-bond acceptors (Lipinski definition) is 3. The molecule has 3 aromatic rings. The third kappa shape index (κ3) is 6.30. The monoisotopic (exact) mass is 498 g/mol. The molecule has 2 heterocycles. The maximum absolute atomic E-state index is 13.7. The van der Waals surface area contributed by atoms with Gasteiger partial charge >= 0.3 is 0 Å². The van der Waals surface area contributed by atoms with Gasteiger partial charge in [0.2, 0.25) is 5.91 Å². The van der Waals surface area contributed by atoms with Crippen LogP contribution in [0.2, 0.25) is 0 Å². The van der Waals surface area contributed by atoms with Gasteiger partial charge in [0.25, 0.3) is 5.91 Å². The first-order chi connectivity index (χ1) is 18.1. The number of hydrogen-bond donors (Lipinski definition) is 1. The Kier molecular flexibility index (Phi) is 8.02. The van der Waals surface area contributed by atoms with Crippen LogP contribution in [-0.4, -0.2) is 45.6 Å². The van der Waals surface area contributed by atoms with Gasteiger partial charge in [-0.2, -0.15) is 5.10 Å². The number of para-hydroxylation sites is 1. The van der Waals surface area contributed by atoms with Gasteiger partial charge in [0.1, 0.15) is 5.69 Å². The highest BCUT2D eigenvalue weighted by Crippen LogP contribution is 2.28. The van der Waals surface area contributed by atoms with Crippen molar-refractivity contribution in [2.24, 2.45) is 5.92 Å². The van der Waals surface area contributed by atoms with Gasteiger partial charge in [-0.3, -0.25) is 9.59 Å². The summed E-state index contributed by atoms with van der Waals surface area (Å²) in [4.78, 5) is 28.4. The maximum Gasteiger partial charge on any atom is 0.257 e. The fourth-order valence-corrected chi connectivity index (χ4v) is 5.73. The molecule has 1 aromatic heterocycles. The molecule has 1 aliphatic heterocycles. The fourth-order valence-electron chi connectivity index (χ4n) is 5.73. The summed E-state index contributed by atoms with van der Waals surface area (Å²) in [5.41, 5.74) is 4.34. The third-order valence-corrected chi connectivity index (χ3v) is 7.85. The summed E-state index contributed by atoms with van der Waals surface area (Å²) in [5, 5.41) is 8.12. The minimum Gasteiger partial charge on any atom is -0.353 e. The Labute approximate surface area is 220 Å². The van der Waals surface area contributed by atoms with Crippen LogP contribution < -0.4 is 5.32 Å². The van der Waals surface area contributed by atoms with Gasteiger partial charge in [0, 0.05) is 37.3 Å². The van der Waals surface area contributed by atoms with Crippen LogP contribution in [0.25, 0.3) is 16.9 Å². The number of benzene rings is 2. The van der Waals surface area contributed by atoms with Crippen molar-refractivity contribution in [1.82, 2.24) is 20.0 Å². The number of rotatable bonds is 6. The van der Waals surface area contributed by atoms with Crippen molar-refractivity contribution in [3.63, 3.8) is 0 Å². The predicted octanol–water partition coefficient (Wildman–Crippen LogP) is 5.93. The zero-order chi connectivity index (χ0) is 25.6. The number of carbonyl (C=O) groups is 2. The summed E-state index contributed by atoms with van der Waals surface area (Å²) in [6.07, 6.45) is 11.4. The van der Waals surface area contributed by atoms with Crippen molar-refractivity contribution >= 4 is 11.8 Å². The maximum atomic E-state index is 13.7. The van der Waals surface area contributed by atoms with E-state index in [0.29, 0.717) is 42.7 Å². The van der Waals surface area contributed by atoms with Gasteiger partial charge < -0.3 is 10.2 Å². The van der Waals surface area contributed by atoms with E-state index in [1.54, 1.807) is 4.68 Å². The molecule has 6 heteroatoms. The summed E-state index contributed by atoms with van der Waals surface area (Å²) >= 11 is 0. The van der Waals surface area contributed by atoms with Gasteiger partial charge in [0.05, 0.1) is 11.3 Å². The molecule has 1 saturated carbocycles. The Morgan fingerprint density at radius 1 is 0.919 bits per heavy atom. The van der Waals surface area contributed by atoms with Gasteiger partial charge in [0.15, 0.2) is 0 Å². The largest absolute Gasteiger partial charge is 0.353 e. The molecular weight excluding hydrogens is 460 g/mol. The molecule has 1 N–H and O–H groups in total. The molecule has 1 aliphatic carbocycles. The molecule has 0 unspecified atom stereocenters. The zero-order valence-electron chi connectivity index (χ0n) is 21.9. The van der Waals surface area contributed by atoms with Crippen LogP contribution >= 0.6 is 0 Å². The number of amides is 2. The van der Waals surface area contributed by atoms with Crippen LogP contribution in [0.5, 0.6) is 0 Å². The van der Waals surface area contributed by atoms with E-state index in [1.807, 2.05) is 53.6 Å². The highest BCUT2D eigenvalue weighted by atomic mass is 16.2.